The molecular formula is C11H8ClF3N2S. The smallest absolute Gasteiger partial charge is 0.357 e. The summed E-state index contributed by atoms with van der Waals surface area (Å²) in [4.78, 5) is 3.47. The van der Waals surface area contributed by atoms with Gasteiger partial charge < -0.3 is 5.32 Å². The zero-order valence-electron chi connectivity index (χ0n) is 8.96. The Morgan fingerprint density at radius 3 is 2.44 bits per heavy atom. The summed E-state index contributed by atoms with van der Waals surface area (Å²) >= 11 is 6.66. The predicted octanol–water partition coefficient (Wildman–Crippen LogP) is 4.43. The second kappa shape index (κ2) is 5.16. The largest absolute Gasteiger partial charge is 0.434 e. The lowest BCUT2D eigenvalue weighted by atomic mass is 10.2. The fourth-order valence-electron chi connectivity index (χ4n) is 1.27. The second-order valence-corrected chi connectivity index (χ2v) is 4.81. The summed E-state index contributed by atoms with van der Waals surface area (Å²) in [6, 6.07) is 7.05. The first-order chi connectivity index (χ1) is 8.45. The van der Waals surface area contributed by atoms with E-state index >= 15 is 0 Å². The highest BCUT2D eigenvalue weighted by atomic mass is 35.5. The van der Waals surface area contributed by atoms with E-state index in [-0.39, 0.29) is 5.13 Å². The van der Waals surface area contributed by atoms with Crippen molar-refractivity contribution >= 4 is 28.1 Å². The average Bonchev–Trinajstić information content (AvgIpc) is 2.77. The molecule has 0 amide bonds. The van der Waals surface area contributed by atoms with Crippen molar-refractivity contribution in [3.63, 3.8) is 0 Å². The second-order valence-electron chi connectivity index (χ2n) is 3.52. The number of hydrogen-bond acceptors (Lipinski definition) is 3. The molecule has 0 atom stereocenters. The molecular weight excluding hydrogens is 285 g/mol. The molecule has 2 aromatic rings. The van der Waals surface area contributed by atoms with Crippen LogP contribution < -0.4 is 5.32 Å². The molecule has 0 fully saturated rings. The molecule has 18 heavy (non-hydrogen) atoms. The van der Waals surface area contributed by atoms with E-state index in [0.29, 0.717) is 11.6 Å². The summed E-state index contributed by atoms with van der Waals surface area (Å²) < 4.78 is 36.9. The Hall–Kier alpha value is -1.27. The molecule has 0 saturated heterocycles. The van der Waals surface area contributed by atoms with Crippen LogP contribution in [-0.4, -0.2) is 4.98 Å². The highest BCUT2D eigenvalue weighted by molar-refractivity contribution is 7.13. The molecule has 0 spiro atoms. The average molecular weight is 293 g/mol. The van der Waals surface area contributed by atoms with Crippen LogP contribution in [0.3, 0.4) is 0 Å². The molecule has 7 heteroatoms. The van der Waals surface area contributed by atoms with Gasteiger partial charge in [0, 0.05) is 16.9 Å². The topological polar surface area (TPSA) is 24.9 Å². The molecule has 1 aromatic heterocycles. The zero-order valence-corrected chi connectivity index (χ0v) is 10.5. The molecule has 1 aromatic carbocycles. The molecule has 0 radical (unpaired) electrons. The van der Waals surface area contributed by atoms with E-state index in [2.05, 4.69) is 10.3 Å². The molecule has 0 saturated carbocycles. The van der Waals surface area contributed by atoms with Crippen LogP contribution in [0.5, 0.6) is 0 Å². The molecule has 2 rings (SSSR count). The van der Waals surface area contributed by atoms with Gasteiger partial charge in [-0.15, -0.1) is 11.3 Å². The summed E-state index contributed by atoms with van der Waals surface area (Å²) in [5.41, 5.74) is 0.0502. The van der Waals surface area contributed by atoms with Gasteiger partial charge in [-0.25, -0.2) is 4.98 Å². The number of nitrogens with zero attached hydrogens (tertiary/aromatic N) is 1. The SMILES string of the molecule is FC(F)(F)c1csc(NCc2ccc(Cl)cc2)n1. The summed E-state index contributed by atoms with van der Waals surface area (Å²) in [5.74, 6) is 0. The van der Waals surface area contributed by atoms with Crippen molar-refractivity contribution in [2.45, 2.75) is 12.7 Å². The highest BCUT2D eigenvalue weighted by Crippen LogP contribution is 2.31. The molecule has 0 aliphatic rings. The van der Waals surface area contributed by atoms with E-state index in [1.165, 1.54) is 0 Å². The fourth-order valence-corrected chi connectivity index (χ4v) is 2.11. The Morgan fingerprint density at radius 1 is 1.22 bits per heavy atom. The van der Waals surface area contributed by atoms with Crippen LogP contribution in [0.15, 0.2) is 29.6 Å². The van der Waals surface area contributed by atoms with Gasteiger partial charge in [0.15, 0.2) is 10.8 Å². The monoisotopic (exact) mass is 292 g/mol. The molecule has 0 bridgehead atoms. The minimum atomic E-state index is -4.39. The number of hydrogen-bond donors (Lipinski definition) is 1. The molecule has 0 unspecified atom stereocenters. The Balaban J connectivity index is 1.98. The van der Waals surface area contributed by atoms with Gasteiger partial charge in [0.2, 0.25) is 0 Å². The zero-order chi connectivity index (χ0) is 13.2. The molecule has 1 heterocycles. The van der Waals surface area contributed by atoms with Gasteiger partial charge in [-0.05, 0) is 17.7 Å². The Bertz CT molecular complexity index is 522. The molecule has 96 valence electrons. The fraction of sp³-hybridized carbons (Fsp3) is 0.182. The number of aromatic nitrogens is 1. The number of rotatable bonds is 3. The summed E-state index contributed by atoms with van der Waals surface area (Å²) in [6.45, 7) is 0.405. The summed E-state index contributed by atoms with van der Waals surface area (Å²) in [6.07, 6.45) is -4.39. The minimum Gasteiger partial charge on any atom is -0.357 e. The van der Waals surface area contributed by atoms with Gasteiger partial charge in [-0.2, -0.15) is 13.2 Å². The maximum atomic E-state index is 12.3. The third-order valence-corrected chi connectivity index (χ3v) is 3.20. The Labute approximate surface area is 110 Å². The number of anilines is 1. The van der Waals surface area contributed by atoms with Gasteiger partial charge in [0.1, 0.15) is 0 Å². The molecule has 1 N–H and O–H groups in total. The van der Waals surface area contributed by atoms with Crippen LogP contribution in [0, 0.1) is 0 Å². The van der Waals surface area contributed by atoms with Crippen molar-refractivity contribution in [3.05, 3.63) is 45.9 Å². The number of nitrogens with one attached hydrogen (secondary N) is 1. The van der Waals surface area contributed by atoms with Crippen molar-refractivity contribution in [3.8, 4) is 0 Å². The number of benzene rings is 1. The molecule has 0 aliphatic heterocycles. The number of alkyl halides is 3. The van der Waals surface area contributed by atoms with Crippen molar-refractivity contribution in [2.24, 2.45) is 0 Å². The van der Waals surface area contributed by atoms with Gasteiger partial charge in [-0.1, -0.05) is 23.7 Å². The van der Waals surface area contributed by atoms with Crippen molar-refractivity contribution in [1.29, 1.82) is 0 Å². The minimum absolute atomic E-state index is 0.247. The van der Waals surface area contributed by atoms with Gasteiger partial charge in [0.25, 0.3) is 0 Å². The third kappa shape index (κ3) is 3.36. The quantitative estimate of drug-likeness (QED) is 0.905. The lowest BCUT2D eigenvalue weighted by Crippen LogP contribution is -2.06. The summed E-state index contributed by atoms with van der Waals surface area (Å²) in [7, 11) is 0. The lowest BCUT2D eigenvalue weighted by molar-refractivity contribution is -0.140. The van der Waals surface area contributed by atoms with E-state index in [9.17, 15) is 13.2 Å². The summed E-state index contributed by atoms with van der Waals surface area (Å²) in [5, 5.41) is 4.69. The van der Waals surface area contributed by atoms with E-state index in [1.54, 1.807) is 24.3 Å². The maximum Gasteiger partial charge on any atom is 0.434 e. The van der Waals surface area contributed by atoms with Crippen LogP contribution in [0.2, 0.25) is 5.02 Å². The van der Waals surface area contributed by atoms with Crippen LogP contribution in [0.1, 0.15) is 11.3 Å². The molecule has 2 nitrogen and oxygen atoms in total. The van der Waals surface area contributed by atoms with Crippen molar-refractivity contribution in [2.75, 3.05) is 5.32 Å². The van der Waals surface area contributed by atoms with Gasteiger partial charge >= 0.3 is 6.18 Å². The first-order valence-corrected chi connectivity index (χ1v) is 6.22. The van der Waals surface area contributed by atoms with Crippen molar-refractivity contribution < 1.29 is 13.2 Å². The third-order valence-electron chi connectivity index (χ3n) is 2.15. The van der Waals surface area contributed by atoms with Crippen molar-refractivity contribution in [1.82, 2.24) is 4.98 Å². The van der Waals surface area contributed by atoms with E-state index in [4.69, 9.17) is 11.6 Å². The van der Waals surface area contributed by atoms with Crippen LogP contribution >= 0.6 is 22.9 Å². The highest BCUT2D eigenvalue weighted by Gasteiger charge is 2.33. The first kappa shape index (κ1) is 13.2. The molecule has 0 aliphatic carbocycles. The van der Waals surface area contributed by atoms with E-state index < -0.39 is 11.9 Å². The van der Waals surface area contributed by atoms with Crippen LogP contribution in [0.4, 0.5) is 18.3 Å². The number of halogens is 4. The Morgan fingerprint density at radius 2 is 1.89 bits per heavy atom. The van der Waals surface area contributed by atoms with Gasteiger partial charge in [0.05, 0.1) is 0 Å². The van der Waals surface area contributed by atoms with Gasteiger partial charge in [-0.3, -0.25) is 0 Å². The van der Waals surface area contributed by atoms with E-state index in [1.807, 2.05) is 0 Å². The normalized spacial score (nSPS) is 11.6. The Kier molecular flexibility index (Phi) is 3.77. The van der Waals surface area contributed by atoms with Crippen LogP contribution in [-0.2, 0) is 12.7 Å². The first-order valence-electron chi connectivity index (χ1n) is 4.96. The lowest BCUT2D eigenvalue weighted by Gasteiger charge is -2.03. The standard InChI is InChI=1S/C11H8ClF3N2S/c12-8-3-1-7(2-4-8)5-16-10-17-9(6-18-10)11(13,14)15/h1-4,6H,5H2,(H,16,17). The van der Waals surface area contributed by atoms with E-state index in [0.717, 1.165) is 22.3 Å². The van der Waals surface area contributed by atoms with Crippen LogP contribution in [0.25, 0.3) is 0 Å². The predicted molar refractivity (Wildman–Crippen MR) is 65.9 cm³/mol. The maximum absolute atomic E-state index is 12.3. The number of thiazole rings is 1.